The molecule has 0 aliphatic rings. The third kappa shape index (κ3) is 275. The van der Waals surface area contributed by atoms with Crippen molar-refractivity contribution in [1.82, 2.24) is 0 Å². The van der Waals surface area contributed by atoms with Gasteiger partial charge in [0.1, 0.15) is 0 Å². The molecule has 0 unspecified atom stereocenters. The summed E-state index contributed by atoms with van der Waals surface area (Å²) >= 11 is 0. The molecule has 0 aliphatic heterocycles. The van der Waals surface area contributed by atoms with E-state index in [1.807, 2.05) is 0 Å². The van der Waals surface area contributed by atoms with Gasteiger partial charge in [0.05, 0.1) is 0 Å². The van der Waals surface area contributed by atoms with E-state index in [4.69, 9.17) is 0 Å². The molecule has 0 rings (SSSR count). The van der Waals surface area contributed by atoms with E-state index < -0.39 is 0 Å². The monoisotopic (exact) mass is 240 g/mol. The number of hydrogen-bond acceptors (Lipinski definition) is 0. The molecule has 0 bridgehead atoms. The first-order valence-electron chi connectivity index (χ1n) is 0. The summed E-state index contributed by atoms with van der Waals surface area (Å²) in [6, 6.07) is 0. The molecule has 0 fully saturated rings. The summed E-state index contributed by atoms with van der Waals surface area (Å²) in [5.41, 5.74) is 0. The van der Waals surface area contributed by atoms with Gasteiger partial charge in [-0.1, -0.05) is 8.41 Å². The Balaban J connectivity index is 0. The van der Waals surface area contributed by atoms with Crippen LogP contribution >= 0.6 is 0 Å². The minimum absolute atomic E-state index is 0. The second kappa shape index (κ2) is 379. The van der Waals surface area contributed by atoms with Gasteiger partial charge in [-0.3, -0.25) is 0 Å². The molecule has 0 spiro atoms. The molecule has 12 N–H and O–H groups in total. The first kappa shape index (κ1) is 505. The summed E-state index contributed by atoms with van der Waals surface area (Å²) in [7, 11) is 0. The Morgan fingerprint density at radius 2 is 0.500 bits per heavy atom. The van der Waals surface area contributed by atoms with E-state index in [9.17, 15) is 0 Å². The first-order valence-corrected chi connectivity index (χ1v) is 0. The molecule has 6 nitrogen and oxygen atoms in total. The van der Waals surface area contributed by atoms with Crippen LogP contribution in [-0.2, 0) is 16.5 Å². The molecule has 0 radical (unpaired) electrons. The zero-order valence-corrected chi connectivity index (χ0v) is 5.44. The molecular formula is H17BClNaNiO6. The average molecular weight is 241 g/mol. The van der Waals surface area contributed by atoms with Gasteiger partial charge in [0.25, 0.3) is 0 Å². The third-order valence-electron chi connectivity index (χ3n) is 0. The van der Waals surface area contributed by atoms with Crippen LogP contribution in [0.5, 0.6) is 0 Å². The molecule has 0 aliphatic carbocycles. The van der Waals surface area contributed by atoms with Crippen molar-refractivity contribution in [2.24, 2.45) is 0 Å². The van der Waals surface area contributed by atoms with Crippen molar-refractivity contribution in [1.29, 1.82) is 0 Å². The topological polar surface area (TPSA) is 189 Å². The van der Waals surface area contributed by atoms with Crippen LogP contribution in [0, 0.1) is 0 Å². The maximum Gasteiger partial charge on any atom is 2.00 e. The number of hydrogen-bond donors (Lipinski definition) is 0. The number of rotatable bonds is 0. The average Bonchev–Trinajstić information content (AvgIpc) is 0. The molecule has 0 saturated carbocycles. The van der Waals surface area contributed by atoms with Crippen molar-refractivity contribution < 1.29 is 61.8 Å². The van der Waals surface area contributed by atoms with Gasteiger partial charge in [-0.05, 0) is 0 Å². The summed E-state index contributed by atoms with van der Waals surface area (Å²) in [5.74, 6) is 0. The zero-order chi connectivity index (χ0) is 0. The largest absolute Gasteiger partial charge is 2.00 e. The van der Waals surface area contributed by atoms with Gasteiger partial charge in [0, 0.05) is 0 Å². The fraction of sp³-hybridized carbons (Fsp3) is 0. The minimum Gasteiger partial charge on any atom is 2.00 e. The summed E-state index contributed by atoms with van der Waals surface area (Å²) in [4.78, 5) is 0. The molecule has 0 amide bonds. The maximum absolute atomic E-state index is 0. The van der Waals surface area contributed by atoms with Crippen LogP contribution in [0.2, 0.25) is 0 Å². The molecule has 0 atom stereocenters. The van der Waals surface area contributed by atoms with Crippen LogP contribution in [0.3, 0.4) is 0 Å². The van der Waals surface area contributed by atoms with E-state index in [-0.39, 0.29) is 99.7 Å². The van der Waals surface area contributed by atoms with E-state index in [0.717, 1.165) is 0 Å². The van der Waals surface area contributed by atoms with Crippen LogP contribution in [0.4, 0.5) is 0 Å². The van der Waals surface area contributed by atoms with E-state index in [1.165, 1.54) is 0 Å². The van der Waals surface area contributed by atoms with Crippen LogP contribution in [0.1, 0.15) is 0 Å². The van der Waals surface area contributed by atoms with E-state index in [1.54, 1.807) is 0 Å². The normalized spacial score (nSPS) is 0. The van der Waals surface area contributed by atoms with Gasteiger partial charge >= 0.3 is 46.0 Å². The van der Waals surface area contributed by atoms with Gasteiger partial charge in [-0.2, -0.15) is 0 Å². The van der Waals surface area contributed by atoms with Gasteiger partial charge in [0.15, 0.2) is 0 Å². The second-order valence-electron chi connectivity index (χ2n) is 0. The maximum atomic E-state index is 0. The van der Waals surface area contributed by atoms with Gasteiger partial charge in [-0.25, -0.2) is 0 Å². The Kier molecular flexibility index (Phi) is 19100. The third-order valence-corrected chi connectivity index (χ3v) is 0. The second-order valence-corrected chi connectivity index (χ2v) is 0. The van der Waals surface area contributed by atoms with Gasteiger partial charge < -0.3 is 45.3 Å². The Hall–Kier alpha value is 1.61. The van der Waals surface area contributed by atoms with Gasteiger partial charge in [-0.15, -0.1) is 0 Å². The van der Waals surface area contributed by atoms with Gasteiger partial charge in [0.2, 0.25) is 0 Å². The SMILES string of the molecule is O.O.O.O.O.O.[BH4-].[Cl-].[NaH].[Ni+2]. The molecule has 10 heavy (non-hydrogen) atoms. The van der Waals surface area contributed by atoms with Crippen molar-refractivity contribution in [3.8, 4) is 0 Å². The molecule has 74 valence electrons. The Morgan fingerprint density at radius 1 is 0.500 bits per heavy atom. The quantitative estimate of drug-likeness (QED) is 0.364. The van der Waals surface area contributed by atoms with Crippen LogP contribution in [0.15, 0.2) is 0 Å². The van der Waals surface area contributed by atoms with Crippen LogP contribution in [-0.4, -0.2) is 70.8 Å². The Morgan fingerprint density at radius 3 is 0.500 bits per heavy atom. The Labute approximate surface area is 99.2 Å². The van der Waals surface area contributed by atoms with E-state index in [2.05, 4.69) is 0 Å². The molecule has 0 aromatic carbocycles. The predicted octanol–water partition coefficient (Wildman–Crippen LogP) is -10.0. The fourth-order valence-corrected chi connectivity index (χ4v) is 0. The van der Waals surface area contributed by atoms with Crippen LogP contribution in [0.25, 0.3) is 0 Å². The predicted molar refractivity (Wildman–Crippen MR) is 40.2 cm³/mol. The summed E-state index contributed by atoms with van der Waals surface area (Å²) in [6.45, 7) is 0. The van der Waals surface area contributed by atoms with Crippen molar-refractivity contribution in [3.63, 3.8) is 0 Å². The van der Waals surface area contributed by atoms with Crippen molar-refractivity contribution in [2.75, 3.05) is 0 Å². The summed E-state index contributed by atoms with van der Waals surface area (Å²) in [6.07, 6.45) is 0. The van der Waals surface area contributed by atoms with Crippen LogP contribution < -0.4 is 12.4 Å². The molecule has 0 heterocycles. The standard InChI is InChI=1S/BH4.ClH.Na.Ni.6H2O.H/h1H4;1H;;;6*1H2;/q-1;;;+2;;;;;;;/p-1. The zero-order valence-electron chi connectivity index (χ0n) is 3.69. The van der Waals surface area contributed by atoms with Crippen molar-refractivity contribution >= 4 is 38.0 Å². The summed E-state index contributed by atoms with van der Waals surface area (Å²) < 4.78 is 0. The molecule has 0 aromatic heterocycles. The molecular weight excluding hydrogens is 224 g/mol. The van der Waals surface area contributed by atoms with Crippen molar-refractivity contribution in [2.45, 2.75) is 0 Å². The molecule has 0 saturated heterocycles. The smallest absolute Gasteiger partial charge is 2.00 e. The minimum atomic E-state index is 0. The first-order chi connectivity index (χ1) is 0. The molecule has 0 aromatic rings. The van der Waals surface area contributed by atoms with E-state index in [0.29, 0.717) is 0 Å². The Bertz CT molecular complexity index is 17.7. The molecule has 10 heteroatoms. The number of halogens is 1. The van der Waals surface area contributed by atoms with E-state index >= 15 is 0 Å². The summed E-state index contributed by atoms with van der Waals surface area (Å²) in [5, 5.41) is 0. The van der Waals surface area contributed by atoms with Crippen molar-refractivity contribution in [3.05, 3.63) is 0 Å². The fourth-order valence-electron chi connectivity index (χ4n) is 0.